The molecule has 1 saturated heterocycles. The number of carbonyl (C=O) groups excluding carboxylic acids is 1. The van der Waals surface area contributed by atoms with Crippen LogP contribution in [0.2, 0.25) is 0 Å². The number of carbonyl (C=O) groups is 1. The van der Waals surface area contributed by atoms with Crippen molar-refractivity contribution in [3.63, 3.8) is 0 Å². The summed E-state index contributed by atoms with van der Waals surface area (Å²) >= 11 is 0. The number of para-hydroxylation sites is 1. The number of nitrogens with one attached hydrogen (secondary N) is 1. The number of nitrogens with zero attached hydrogens (tertiary/aromatic N) is 2. The summed E-state index contributed by atoms with van der Waals surface area (Å²) in [7, 11) is -3.40. The van der Waals surface area contributed by atoms with Gasteiger partial charge in [0.2, 0.25) is 15.9 Å². The lowest BCUT2D eigenvalue weighted by molar-refractivity contribution is -0.120. The number of piperazine rings is 1. The van der Waals surface area contributed by atoms with Crippen LogP contribution in [0.1, 0.15) is 13.3 Å². The summed E-state index contributed by atoms with van der Waals surface area (Å²) in [5.41, 5.74) is 0.500. The molecule has 0 bridgehead atoms. The summed E-state index contributed by atoms with van der Waals surface area (Å²) in [5, 5.41) is 2.56. The molecule has 0 atom stereocenters. The molecular formula is C15H22FN3O3S. The largest absolute Gasteiger partial charge is 0.367 e. The van der Waals surface area contributed by atoms with Crippen molar-refractivity contribution in [2.24, 2.45) is 0 Å². The summed E-state index contributed by atoms with van der Waals surface area (Å²) in [6.07, 6.45) is 0.335. The van der Waals surface area contributed by atoms with Crippen LogP contribution >= 0.6 is 0 Å². The van der Waals surface area contributed by atoms with Crippen molar-refractivity contribution in [3.8, 4) is 0 Å². The number of hydrogen-bond donors (Lipinski definition) is 1. The van der Waals surface area contributed by atoms with Gasteiger partial charge in [-0.2, -0.15) is 4.31 Å². The molecule has 2 rings (SSSR count). The smallest absolute Gasteiger partial charge is 0.219 e. The Bertz CT molecular complexity index is 643. The van der Waals surface area contributed by atoms with E-state index in [4.69, 9.17) is 0 Å². The molecule has 1 N–H and O–H groups in total. The second kappa shape index (κ2) is 7.74. The lowest BCUT2D eigenvalue weighted by atomic mass is 10.2. The second-order valence-corrected chi connectivity index (χ2v) is 7.45. The Balaban J connectivity index is 1.88. The van der Waals surface area contributed by atoms with Gasteiger partial charge in [-0.1, -0.05) is 19.1 Å². The summed E-state index contributed by atoms with van der Waals surface area (Å²) < 4.78 is 39.7. The SMILES string of the molecule is CCC(=O)NCCS(=O)(=O)N1CCN(c2ccccc2F)CC1. The molecule has 0 unspecified atom stereocenters. The van der Waals surface area contributed by atoms with E-state index in [9.17, 15) is 17.6 Å². The molecule has 0 saturated carbocycles. The topological polar surface area (TPSA) is 69.7 Å². The van der Waals surface area contributed by atoms with Crippen LogP contribution in [0.5, 0.6) is 0 Å². The van der Waals surface area contributed by atoms with Crippen LogP contribution in [-0.4, -0.2) is 57.1 Å². The molecule has 23 heavy (non-hydrogen) atoms. The first kappa shape index (κ1) is 17.7. The molecule has 1 heterocycles. The van der Waals surface area contributed by atoms with Crippen molar-refractivity contribution in [2.75, 3.05) is 43.4 Å². The molecule has 1 aliphatic rings. The average molecular weight is 343 g/mol. The van der Waals surface area contributed by atoms with Gasteiger partial charge in [0.05, 0.1) is 11.4 Å². The van der Waals surface area contributed by atoms with E-state index >= 15 is 0 Å². The Morgan fingerprint density at radius 2 is 1.87 bits per heavy atom. The van der Waals surface area contributed by atoms with E-state index in [2.05, 4.69) is 5.32 Å². The van der Waals surface area contributed by atoms with Gasteiger partial charge >= 0.3 is 0 Å². The fraction of sp³-hybridized carbons (Fsp3) is 0.533. The first-order chi connectivity index (χ1) is 10.9. The van der Waals surface area contributed by atoms with Crippen molar-refractivity contribution in [1.29, 1.82) is 0 Å². The van der Waals surface area contributed by atoms with Crippen LogP contribution in [0.15, 0.2) is 24.3 Å². The highest BCUT2D eigenvalue weighted by molar-refractivity contribution is 7.89. The summed E-state index contributed by atoms with van der Waals surface area (Å²) in [5.74, 6) is -0.575. The second-order valence-electron chi connectivity index (χ2n) is 5.36. The summed E-state index contributed by atoms with van der Waals surface area (Å²) in [4.78, 5) is 13.0. The number of hydrogen-bond acceptors (Lipinski definition) is 4. The molecule has 1 aromatic rings. The van der Waals surface area contributed by atoms with Crippen LogP contribution < -0.4 is 10.2 Å². The number of benzene rings is 1. The van der Waals surface area contributed by atoms with Gasteiger partial charge in [0.15, 0.2) is 0 Å². The predicted molar refractivity (Wildman–Crippen MR) is 87.3 cm³/mol. The third kappa shape index (κ3) is 4.65. The predicted octanol–water partition coefficient (Wildman–Crippen LogP) is 0.804. The van der Waals surface area contributed by atoms with Gasteiger partial charge < -0.3 is 10.2 Å². The molecule has 1 aliphatic heterocycles. The van der Waals surface area contributed by atoms with E-state index in [-0.39, 0.29) is 24.0 Å². The van der Waals surface area contributed by atoms with Crippen molar-refractivity contribution in [2.45, 2.75) is 13.3 Å². The van der Waals surface area contributed by atoms with Gasteiger partial charge in [0, 0.05) is 39.1 Å². The highest BCUT2D eigenvalue weighted by atomic mass is 32.2. The fourth-order valence-electron chi connectivity index (χ4n) is 2.49. The highest BCUT2D eigenvalue weighted by Crippen LogP contribution is 2.20. The Morgan fingerprint density at radius 1 is 1.22 bits per heavy atom. The van der Waals surface area contributed by atoms with Gasteiger partial charge in [-0.25, -0.2) is 12.8 Å². The van der Waals surface area contributed by atoms with Gasteiger partial charge in [0.1, 0.15) is 5.82 Å². The molecule has 1 fully saturated rings. The van der Waals surface area contributed by atoms with Gasteiger partial charge in [-0.15, -0.1) is 0 Å². The van der Waals surface area contributed by atoms with E-state index in [1.807, 2.05) is 4.90 Å². The lowest BCUT2D eigenvalue weighted by Gasteiger charge is -2.35. The Hall–Kier alpha value is -1.67. The Morgan fingerprint density at radius 3 is 2.48 bits per heavy atom. The number of amides is 1. The number of sulfonamides is 1. The number of rotatable bonds is 6. The molecule has 0 radical (unpaired) electrons. The van der Waals surface area contributed by atoms with E-state index in [0.717, 1.165) is 0 Å². The molecule has 8 heteroatoms. The van der Waals surface area contributed by atoms with Gasteiger partial charge in [0.25, 0.3) is 0 Å². The molecule has 0 spiro atoms. The zero-order valence-corrected chi connectivity index (χ0v) is 14.0. The van der Waals surface area contributed by atoms with Crippen molar-refractivity contribution in [3.05, 3.63) is 30.1 Å². The molecular weight excluding hydrogens is 321 g/mol. The lowest BCUT2D eigenvalue weighted by Crippen LogP contribution is -2.50. The maximum Gasteiger partial charge on any atom is 0.219 e. The highest BCUT2D eigenvalue weighted by Gasteiger charge is 2.27. The van der Waals surface area contributed by atoms with E-state index in [0.29, 0.717) is 38.3 Å². The number of anilines is 1. The maximum atomic E-state index is 13.8. The van der Waals surface area contributed by atoms with E-state index < -0.39 is 10.0 Å². The molecule has 6 nitrogen and oxygen atoms in total. The summed E-state index contributed by atoms with van der Waals surface area (Å²) in [6.45, 7) is 3.36. The Labute approximate surface area is 136 Å². The minimum absolute atomic E-state index is 0.113. The first-order valence-corrected chi connectivity index (χ1v) is 9.29. The van der Waals surface area contributed by atoms with Gasteiger partial charge in [-0.3, -0.25) is 4.79 Å². The summed E-state index contributed by atoms with van der Waals surface area (Å²) in [6, 6.07) is 6.48. The van der Waals surface area contributed by atoms with E-state index in [1.165, 1.54) is 10.4 Å². The van der Waals surface area contributed by atoms with Gasteiger partial charge in [-0.05, 0) is 12.1 Å². The minimum Gasteiger partial charge on any atom is -0.367 e. The monoisotopic (exact) mass is 343 g/mol. The van der Waals surface area contributed by atoms with Crippen molar-refractivity contribution < 1.29 is 17.6 Å². The molecule has 1 aromatic carbocycles. The first-order valence-electron chi connectivity index (χ1n) is 7.68. The normalized spacial score (nSPS) is 16.3. The molecule has 0 aromatic heterocycles. The zero-order valence-electron chi connectivity index (χ0n) is 13.2. The fourth-order valence-corrected chi connectivity index (χ4v) is 3.83. The van der Waals surface area contributed by atoms with Crippen molar-refractivity contribution in [1.82, 2.24) is 9.62 Å². The number of halogens is 1. The minimum atomic E-state index is -3.40. The van der Waals surface area contributed by atoms with Crippen molar-refractivity contribution >= 4 is 21.6 Å². The standard InChI is InChI=1S/C15H22FN3O3S/c1-2-15(20)17-7-12-23(21,22)19-10-8-18(9-11-19)14-6-4-3-5-13(14)16/h3-6H,2,7-12H2,1H3,(H,17,20). The average Bonchev–Trinajstić information content (AvgIpc) is 2.55. The van der Waals surface area contributed by atoms with Crippen LogP contribution in [0, 0.1) is 5.82 Å². The Kier molecular flexibility index (Phi) is 5.95. The molecule has 128 valence electrons. The third-order valence-electron chi connectivity index (χ3n) is 3.83. The zero-order chi connectivity index (χ0) is 16.9. The van der Waals surface area contributed by atoms with Crippen LogP contribution in [-0.2, 0) is 14.8 Å². The van der Waals surface area contributed by atoms with Crippen LogP contribution in [0.4, 0.5) is 10.1 Å². The van der Waals surface area contributed by atoms with Crippen LogP contribution in [0.3, 0.4) is 0 Å². The molecule has 0 aliphatic carbocycles. The molecule has 1 amide bonds. The van der Waals surface area contributed by atoms with E-state index in [1.54, 1.807) is 25.1 Å². The quantitative estimate of drug-likeness (QED) is 0.830. The van der Waals surface area contributed by atoms with Crippen LogP contribution in [0.25, 0.3) is 0 Å². The third-order valence-corrected chi connectivity index (χ3v) is 5.70. The maximum absolute atomic E-state index is 13.8.